The molecular weight excluding hydrogens is 330 g/mol. The van der Waals surface area contributed by atoms with E-state index in [1.54, 1.807) is 7.11 Å². The van der Waals surface area contributed by atoms with Gasteiger partial charge in [-0.3, -0.25) is 4.79 Å². The van der Waals surface area contributed by atoms with Crippen molar-refractivity contribution in [2.75, 3.05) is 20.2 Å². The number of hydrogen-bond donors (Lipinski definition) is 2. The van der Waals surface area contributed by atoms with E-state index in [0.29, 0.717) is 11.7 Å². The first-order valence-corrected chi connectivity index (χ1v) is 8.32. The van der Waals surface area contributed by atoms with Crippen LogP contribution in [-0.2, 0) is 4.74 Å². The molecule has 0 radical (unpaired) electrons. The monoisotopic (exact) mass is 359 g/mol. The third-order valence-electron chi connectivity index (χ3n) is 4.52. The fraction of sp³-hybridized carbons (Fsp3) is 0.812. The SMILES string of the molecule is COC(C)(C)CC(C)NC(=O)c1nnn(C2CCNCC2)c1C.Cl. The number of rotatable bonds is 6. The molecule has 0 spiro atoms. The number of carbonyl (C=O) groups excluding carboxylic acids is 1. The molecule has 2 rings (SSSR count). The van der Waals surface area contributed by atoms with Crippen LogP contribution in [0.4, 0.5) is 0 Å². The van der Waals surface area contributed by atoms with E-state index in [1.807, 2.05) is 32.4 Å². The lowest BCUT2D eigenvalue weighted by Crippen LogP contribution is -2.39. The Labute approximate surface area is 150 Å². The second kappa shape index (κ2) is 8.78. The minimum absolute atomic E-state index is 0. The molecule has 1 unspecified atom stereocenters. The summed E-state index contributed by atoms with van der Waals surface area (Å²) < 4.78 is 7.32. The first-order chi connectivity index (χ1) is 10.8. The average molecular weight is 360 g/mol. The van der Waals surface area contributed by atoms with Gasteiger partial charge in [-0.05, 0) is 60.0 Å². The minimum Gasteiger partial charge on any atom is -0.379 e. The summed E-state index contributed by atoms with van der Waals surface area (Å²) in [4.78, 5) is 12.5. The van der Waals surface area contributed by atoms with Crippen molar-refractivity contribution >= 4 is 18.3 Å². The van der Waals surface area contributed by atoms with E-state index in [-0.39, 0.29) is 30.0 Å². The summed E-state index contributed by atoms with van der Waals surface area (Å²) in [5.41, 5.74) is 0.993. The number of carbonyl (C=O) groups is 1. The van der Waals surface area contributed by atoms with Crippen LogP contribution in [0.25, 0.3) is 0 Å². The van der Waals surface area contributed by atoms with Gasteiger partial charge >= 0.3 is 0 Å². The van der Waals surface area contributed by atoms with Crippen LogP contribution in [0.15, 0.2) is 0 Å². The van der Waals surface area contributed by atoms with Crippen molar-refractivity contribution in [3.05, 3.63) is 11.4 Å². The van der Waals surface area contributed by atoms with Gasteiger partial charge in [-0.25, -0.2) is 4.68 Å². The van der Waals surface area contributed by atoms with Gasteiger partial charge in [0.25, 0.3) is 5.91 Å². The van der Waals surface area contributed by atoms with Gasteiger partial charge in [0.2, 0.25) is 0 Å². The topological polar surface area (TPSA) is 81.1 Å². The summed E-state index contributed by atoms with van der Waals surface area (Å²) >= 11 is 0. The summed E-state index contributed by atoms with van der Waals surface area (Å²) in [6.45, 7) is 9.87. The lowest BCUT2D eigenvalue weighted by atomic mass is 10.00. The quantitative estimate of drug-likeness (QED) is 0.810. The highest BCUT2D eigenvalue weighted by atomic mass is 35.5. The fourth-order valence-electron chi connectivity index (χ4n) is 3.11. The number of methoxy groups -OCH3 is 1. The standard InChI is InChI=1S/C16H29N5O2.ClH/c1-11(10-16(3,4)23-5)18-15(22)14-12(2)21(20-19-14)13-6-8-17-9-7-13;/h11,13,17H,6-10H2,1-5H3,(H,18,22);1H. The second-order valence-electron chi connectivity index (χ2n) is 6.99. The number of piperidine rings is 1. The van der Waals surface area contributed by atoms with E-state index in [0.717, 1.165) is 38.0 Å². The zero-order chi connectivity index (χ0) is 17.0. The molecule has 1 saturated heterocycles. The molecule has 1 aromatic rings. The molecule has 1 aliphatic heterocycles. The molecule has 0 bridgehead atoms. The highest BCUT2D eigenvalue weighted by Gasteiger charge is 2.25. The third kappa shape index (κ3) is 5.16. The highest BCUT2D eigenvalue weighted by Crippen LogP contribution is 2.20. The predicted molar refractivity (Wildman–Crippen MR) is 95.8 cm³/mol. The molecule has 0 saturated carbocycles. The maximum absolute atomic E-state index is 12.5. The maximum Gasteiger partial charge on any atom is 0.273 e. The Morgan fingerprint density at radius 3 is 2.67 bits per heavy atom. The van der Waals surface area contributed by atoms with Gasteiger partial charge in [0, 0.05) is 13.2 Å². The summed E-state index contributed by atoms with van der Waals surface area (Å²) in [5, 5.41) is 14.7. The number of ether oxygens (including phenoxy) is 1. The largest absolute Gasteiger partial charge is 0.379 e. The van der Waals surface area contributed by atoms with Crippen LogP contribution < -0.4 is 10.6 Å². The molecular formula is C16H30ClN5O2. The molecule has 8 heteroatoms. The normalized spacial score (nSPS) is 17.2. The molecule has 2 N–H and O–H groups in total. The van der Waals surface area contributed by atoms with Crippen LogP contribution in [0.2, 0.25) is 0 Å². The van der Waals surface area contributed by atoms with Crippen molar-refractivity contribution in [3.8, 4) is 0 Å². The van der Waals surface area contributed by atoms with Gasteiger partial charge in [0.15, 0.2) is 5.69 Å². The van der Waals surface area contributed by atoms with Crippen molar-refractivity contribution in [1.29, 1.82) is 0 Å². The van der Waals surface area contributed by atoms with E-state index >= 15 is 0 Å². The molecule has 0 aromatic carbocycles. The van der Waals surface area contributed by atoms with Gasteiger partial charge in [0.05, 0.1) is 17.3 Å². The van der Waals surface area contributed by atoms with Gasteiger partial charge in [0.1, 0.15) is 0 Å². The van der Waals surface area contributed by atoms with E-state index in [1.165, 1.54) is 0 Å². The van der Waals surface area contributed by atoms with Gasteiger partial charge < -0.3 is 15.4 Å². The Morgan fingerprint density at radius 2 is 2.08 bits per heavy atom. The first-order valence-electron chi connectivity index (χ1n) is 8.32. The molecule has 1 atom stereocenters. The lowest BCUT2D eigenvalue weighted by Gasteiger charge is -2.27. The second-order valence-corrected chi connectivity index (χ2v) is 6.99. The van der Waals surface area contributed by atoms with Crippen LogP contribution in [0, 0.1) is 6.92 Å². The van der Waals surface area contributed by atoms with Crippen molar-refractivity contribution in [2.24, 2.45) is 0 Å². The van der Waals surface area contributed by atoms with Gasteiger partial charge in [-0.15, -0.1) is 17.5 Å². The number of halogens is 1. The van der Waals surface area contributed by atoms with Gasteiger partial charge in [-0.2, -0.15) is 0 Å². The molecule has 138 valence electrons. The van der Waals surface area contributed by atoms with Crippen LogP contribution >= 0.6 is 12.4 Å². The average Bonchev–Trinajstić information content (AvgIpc) is 2.89. The third-order valence-corrected chi connectivity index (χ3v) is 4.52. The number of nitrogens with zero attached hydrogens (tertiary/aromatic N) is 3. The molecule has 2 heterocycles. The number of amides is 1. The zero-order valence-corrected chi connectivity index (χ0v) is 16.1. The van der Waals surface area contributed by atoms with Crippen molar-refractivity contribution in [1.82, 2.24) is 25.6 Å². The Morgan fingerprint density at radius 1 is 1.46 bits per heavy atom. The molecule has 1 fully saturated rings. The van der Waals surface area contributed by atoms with Crippen molar-refractivity contribution in [2.45, 2.75) is 64.6 Å². The van der Waals surface area contributed by atoms with Crippen LogP contribution in [0.3, 0.4) is 0 Å². The Hall–Kier alpha value is -1.18. The summed E-state index contributed by atoms with van der Waals surface area (Å²) in [6.07, 6.45) is 2.77. The highest BCUT2D eigenvalue weighted by molar-refractivity contribution is 5.93. The number of hydrogen-bond acceptors (Lipinski definition) is 5. The molecule has 1 aliphatic rings. The van der Waals surface area contributed by atoms with Crippen molar-refractivity contribution in [3.63, 3.8) is 0 Å². The van der Waals surface area contributed by atoms with E-state index < -0.39 is 0 Å². The lowest BCUT2D eigenvalue weighted by molar-refractivity contribution is 0.00883. The number of nitrogens with one attached hydrogen (secondary N) is 2. The minimum atomic E-state index is -0.269. The van der Waals surface area contributed by atoms with Gasteiger partial charge in [-0.1, -0.05) is 5.21 Å². The molecule has 0 aliphatic carbocycles. The van der Waals surface area contributed by atoms with E-state index in [9.17, 15) is 4.79 Å². The summed E-state index contributed by atoms with van der Waals surface area (Å²) in [7, 11) is 1.68. The van der Waals surface area contributed by atoms with Crippen LogP contribution in [-0.4, -0.2) is 52.7 Å². The Kier molecular flexibility index (Phi) is 7.63. The molecule has 24 heavy (non-hydrogen) atoms. The molecule has 1 amide bonds. The smallest absolute Gasteiger partial charge is 0.273 e. The Bertz CT molecular complexity index is 541. The maximum atomic E-state index is 12.5. The van der Waals surface area contributed by atoms with Crippen LogP contribution in [0.1, 0.15) is 62.3 Å². The van der Waals surface area contributed by atoms with E-state index in [2.05, 4.69) is 20.9 Å². The fourth-order valence-corrected chi connectivity index (χ4v) is 3.11. The molecule has 1 aromatic heterocycles. The molecule has 7 nitrogen and oxygen atoms in total. The predicted octanol–water partition coefficient (Wildman–Crippen LogP) is 1.87. The summed E-state index contributed by atoms with van der Waals surface area (Å²) in [6, 6.07) is 0.330. The number of aromatic nitrogens is 3. The van der Waals surface area contributed by atoms with Crippen molar-refractivity contribution < 1.29 is 9.53 Å². The summed E-state index contributed by atoms with van der Waals surface area (Å²) in [5.74, 6) is -0.165. The Balaban J connectivity index is 0.00000288. The first kappa shape index (κ1) is 20.9. The van der Waals surface area contributed by atoms with E-state index in [4.69, 9.17) is 4.74 Å². The van der Waals surface area contributed by atoms with Crippen LogP contribution in [0.5, 0.6) is 0 Å². The zero-order valence-electron chi connectivity index (χ0n) is 15.3.